The molecule has 116 valence electrons. The van der Waals surface area contributed by atoms with Crippen LogP contribution in [0.4, 0.5) is 4.79 Å². The summed E-state index contributed by atoms with van der Waals surface area (Å²) in [7, 11) is 0. The Balaban J connectivity index is 1.74. The van der Waals surface area contributed by atoms with E-state index < -0.39 is 0 Å². The highest BCUT2D eigenvalue weighted by Crippen LogP contribution is 2.23. The van der Waals surface area contributed by atoms with Gasteiger partial charge in [0.1, 0.15) is 0 Å². The van der Waals surface area contributed by atoms with E-state index >= 15 is 0 Å². The first-order chi connectivity index (χ1) is 10.0. The first kappa shape index (κ1) is 15.8. The molecule has 1 aromatic carbocycles. The third-order valence-electron chi connectivity index (χ3n) is 4.23. The first-order valence-corrected chi connectivity index (χ1v) is 7.83. The van der Waals surface area contributed by atoms with Gasteiger partial charge in [-0.05, 0) is 44.6 Å². The van der Waals surface area contributed by atoms with E-state index in [-0.39, 0.29) is 18.2 Å². The molecule has 0 aromatic heterocycles. The van der Waals surface area contributed by atoms with Gasteiger partial charge in [0.25, 0.3) is 0 Å². The number of carbonyl (C=O) groups excluding carboxylic acids is 1. The van der Waals surface area contributed by atoms with Gasteiger partial charge in [-0.25, -0.2) is 4.79 Å². The average molecular weight is 290 g/mol. The summed E-state index contributed by atoms with van der Waals surface area (Å²) in [5.74, 6) is 0.397. The molecule has 0 spiro atoms. The van der Waals surface area contributed by atoms with E-state index in [2.05, 4.69) is 22.8 Å². The normalized spacial score (nSPS) is 23.4. The van der Waals surface area contributed by atoms with Crippen molar-refractivity contribution in [1.82, 2.24) is 10.6 Å². The second-order valence-corrected chi connectivity index (χ2v) is 6.17. The number of urea groups is 1. The number of rotatable bonds is 4. The third-order valence-corrected chi connectivity index (χ3v) is 4.23. The fourth-order valence-corrected chi connectivity index (χ4v) is 2.87. The Morgan fingerprint density at radius 2 is 2.05 bits per heavy atom. The van der Waals surface area contributed by atoms with Crippen molar-refractivity contribution in [3.63, 3.8) is 0 Å². The van der Waals surface area contributed by atoms with Crippen LogP contribution in [0.3, 0.4) is 0 Å². The largest absolute Gasteiger partial charge is 0.393 e. The topological polar surface area (TPSA) is 61.4 Å². The van der Waals surface area contributed by atoms with Crippen LogP contribution < -0.4 is 10.6 Å². The number of aliphatic hydroxyl groups is 1. The SMILES string of the molecule is Cc1ccc(C(C)NC(=O)NCC2CCCC(O)C2)cc1. The quantitative estimate of drug-likeness (QED) is 0.798. The molecule has 1 fully saturated rings. The van der Waals surface area contributed by atoms with Gasteiger partial charge < -0.3 is 15.7 Å². The lowest BCUT2D eigenvalue weighted by Gasteiger charge is -2.26. The molecule has 4 nitrogen and oxygen atoms in total. The zero-order valence-corrected chi connectivity index (χ0v) is 12.9. The molecule has 3 unspecified atom stereocenters. The van der Waals surface area contributed by atoms with Crippen molar-refractivity contribution in [3.8, 4) is 0 Å². The number of benzene rings is 1. The third kappa shape index (κ3) is 5.05. The van der Waals surface area contributed by atoms with Crippen molar-refractivity contribution >= 4 is 6.03 Å². The molecule has 1 aliphatic rings. The molecule has 21 heavy (non-hydrogen) atoms. The van der Waals surface area contributed by atoms with E-state index in [1.165, 1.54) is 5.56 Å². The lowest BCUT2D eigenvalue weighted by molar-refractivity contribution is 0.101. The highest BCUT2D eigenvalue weighted by Gasteiger charge is 2.20. The smallest absolute Gasteiger partial charge is 0.315 e. The molecule has 0 aliphatic heterocycles. The van der Waals surface area contributed by atoms with Gasteiger partial charge in [0.15, 0.2) is 0 Å². The van der Waals surface area contributed by atoms with Gasteiger partial charge in [-0.15, -0.1) is 0 Å². The van der Waals surface area contributed by atoms with Crippen LogP contribution in [-0.4, -0.2) is 23.8 Å². The van der Waals surface area contributed by atoms with Gasteiger partial charge in [-0.2, -0.15) is 0 Å². The Hall–Kier alpha value is -1.55. The van der Waals surface area contributed by atoms with Crippen LogP contribution in [0.25, 0.3) is 0 Å². The summed E-state index contributed by atoms with van der Waals surface area (Å²) < 4.78 is 0. The van der Waals surface area contributed by atoms with Crippen LogP contribution in [0.2, 0.25) is 0 Å². The highest BCUT2D eigenvalue weighted by atomic mass is 16.3. The molecule has 4 heteroatoms. The molecule has 0 heterocycles. The standard InChI is InChI=1S/C17H26N2O2/c1-12-6-8-15(9-7-12)13(2)19-17(21)18-11-14-4-3-5-16(20)10-14/h6-9,13-14,16,20H,3-5,10-11H2,1-2H3,(H2,18,19,21). The van der Waals surface area contributed by atoms with Crippen LogP contribution in [0.15, 0.2) is 24.3 Å². The van der Waals surface area contributed by atoms with Gasteiger partial charge >= 0.3 is 6.03 Å². The molecule has 3 N–H and O–H groups in total. The van der Waals surface area contributed by atoms with Gasteiger partial charge in [0, 0.05) is 6.54 Å². The maximum Gasteiger partial charge on any atom is 0.315 e. The lowest BCUT2D eigenvalue weighted by Crippen LogP contribution is -2.40. The predicted octanol–water partition coefficient (Wildman–Crippen LogP) is 2.91. The number of amides is 2. The molecular weight excluding hydrogens is 264 g/mol. The predicted molar refractivity (Wildman–Crippen MR) is 84.1 cm³/mol. The molecular formula is C17H26N2O2. The van der Waals surface area contributed by atoms with E-state index in [4.69, 9.17) is 0 Å². The summed E-state index contributed by atoms with van der Waals surface area (Å²) in [6.07, 6.45) is 3.64. The summed E-state index contributed by atoms with van der Waals surface area (Å²) in [5, 5.41) is 15.5. The lowest BCUT2D eigenvalue weighted by atomic mass is 9.87. The highest BCUT2D eigenvalue weighted by molar-refractivity contribution is 5.74. The minimum Gasteiger partial charge on any atom is -0.393 e. The van der Waals surface area contributed by atoms with Crippen LogP contribution in [-0.2, 0) is 0 Å². The summed E-state index contributed by atoms with van der Waals surface area (Å²) in [4.78, 5) is 11.9. The van der Waals surface area contributed by atoms with Crippen LogP contribution in [0.5, 0.6) is 0 Å². The molecule has 1 aromatic rings. The Labute approximate surface area is 126 Å². The Morgan fingerprint density at radius 3 is 2.71 bits per heavy atom. The minimum absolute atomic E-state index is 0.0115. The first-order valence-electron chi connectivity index (χ1n) is 7.83. The summed E-state index contributed by atoms with van der Waals surface area (Å²) in [6, 6.07) is 8.03. The zero-order chi connectivity index (χ0) is 15.2. The van der Waals surface area contributed by atoms with Gasteiger partial charge in [-0.1, -0.05) is 36.2 Å². The van der Waals surface area contributed by atoms with Crippen LogP contribution in [0, 0.1) is 12.8 Å². The fourth-order valence-electron chi connectivity index (χ4n) is 2.87. The maximum atomic E-state index is 11.9. The van der Waals surface area contributed by atoms with Crippen molar-refractivity contribution in [1.29, 1.82) is 0 Å². The van der Waals surface area contributed by atoms with E-state index in [1.807, 2.05) is 26.0 Å². The second kappa shape index (κ2) is 7.46. The average Bonchev–Trinajstić information content (AvgIpc) is 2.46. The Kier molecular flexibility index (Phi) is 5.62. The number of aliphatic hydroxyl groups excluding tert-OH is 1. The molecule has 0 bridgehead atoms. The van der Waals surface area contributed by atoms with Crippen molar-refractivity contribution < 1.29 is 9.90 Å². The monoisotopic (exact) mass is 290 g/mol. The molecule has 1 saturated carbocycles. The van der Waals surface area contributed by atoms with Crippen molar-refractivity contribution in [2.24, 2.45) is 5.92 Å². The number of nitrogens with one attached hydrogen (secondary N) is 2. The minimum atomic E-state index is -0.194. The second-order valence-electron chi connectivity index (χ2n) is 6.17. The molecule has 1 aliphatic carbocycles. The summed E-state index contributed by atoms with van der Waals surface area (Å²) in [5.41, 5.74) is 2.31. The Morgan fingerprint density at radius 1 is 1.33 bits per heavy atom. The van der Waals surface area contributed by atoms with Crippen LogP contribution >= 0.6 is 0 Å². The zero-order valence-electron chi connectivity index (χ0n) is 12.9. The molecule has 0 saturated heterocycles. The van der Waals surface area contributed by atoms with Gasteiger partial charge in [-0.3, -0.25) is 0 Å². The Bertz CT molecular complexity index is 458. The molecule has 2 rings (SSSR count). The van der Waals surface area contributed by atoms with Crippen molar-refractivity contribution in [2.45, 2.75) is 51.7 Å². The maximum absolute atomic E-state index is 11.9. The summed E-state index contributed by atoms with van der Waals surface area (Å²) in [6.45, 7) is 4.67. The molecule has 2 amide bonds. The van der Waals surface area contributed by atoms with Crippen molar-refractivity contribution in [3.05, 3.63) is 35.4 Å². The number of hydrogen-bond acceptors (Lipinski definition) is 2. The van der Waals surface area contributed by atoms with Crippen molar-refractivity contribution in [2.75, 3.05) is 6.54 Å². The fraction of sp³-hybridized carbons (Fsp3) is 0.588. The number of hydrogen-bond donors (Lipinski definition) is 3. The number of carbonyl (C=O) groups is 1. The van der Waals surface area contributed by atoms with Gasteiger partial charge in [0.2, 0.25) is 0 Å². The van der Waals surface area contributed by atoms with E-state index in [1.54, 1.807) is 0 Å². The summed E-state index contributed by atoms with van der Waals surface area (Å²) >= 11 is 0. The van der Waals surface area contributed by atoms with E-state index in [9.17, 15) is 9.90 Å². The molecule has 0 radical (unpaired) electrons. The molecule has 3 atom stereocenters. The number of aryl methyl sites for hydroxylation is 1. The van der Waals surface area contributed by atoms with Gasteiger partial charge in [0.05, 0.1) is 12.1 Å². The van der Waals surface area contributed by atoms with Crippen LogP contribution in [0.1, 0.15) is 49.8 Å². The van der Waals surface area contributed by atoms with E-state index in [0.717, 1.165) is 31.2 Å². The van der Waals surface area contributed by atoms with E-state index in [0.29, 0.717) is 12.5 Å².